The second-order valence-corrected chi connectivity index (χ2v) is 8.03. The Morgan fingerprint density at radius 1 is 1.13 bits per heavy atom. The van der Waals surface area contributed by atoms with Crippen LogP contribution in [0.1, 0.15) is 0 Å². The quantitative estimate of drug-likeness (QED) is 0.523. The predicted molar refractivity (Wildman–Crippen MR) is 119 cm³/mol. The lowest BCUT2D eigenvalue weighted by Gasteiger charge is -2.26. The Morgan fingerprint density at radius 2 is 1.90 bits per heavy atom. The van der Waals surface area contributed by atoms with Gasteiger partial charge in [-0.25, -0.2) is 4.98 Å². The molecule has 8 heteroatoms. The van der Waals surface area contributed by atoms with Crippen LogP contribution in [0.3, 0.4) is 0 Å². The SMILES string of the molecule is O=C(Cn1cnc2scc(-c3ccccc3)c2c1=O)NC[C@@H]1COc2ccccc2O1. The summed E-state index contributed by atoms with van der Waals surface area (Å²) >= 11 is 1.42. The molecule has 1 aliphatic heterocycles. The Labute approximate surface area is 181 Å². The third-order valence-electron chi connectivity index (χ3n) is 5.05. The summed E-state index contributed by atoms with van der Waals surface area (Å²) in [6.45, 7) is 0.515. The second-order valence-electron chi connectivity index (χ2n) is 7.17. The van der Waals surface area contributed by atoms with Crippen molar-refractivity contribution in [3.63, 3.8) is 0 Å². The molecule has 3 heterocycles. The van der Waals surface area contributed by atoms with Crippen molar-refractivity contribution in [3.8, 4) is 22.6 Å². The van der Waals surface area contributed by atoms with Crippen LogP contribution in [0.5, 0.6) is 11.5 Å². The summed E-state index contributed by atoms with van der Waals surface area (Å²) in [5, 5.41) is 5.28. The average Bonchev–Trinajstić information content (AvgIpc) is 3.25. The third-order valence-corrected chi connectivity index (χ3v) is 5.94. The summed E-state index contributed by atoms with van der Waals surface area (Å²) in [6.07, 6.45) is 1.13. The summed E-state index contributed by atoms with van der Waals surface area (Å²) in [5.41, 5.74) is 1.55. The molecule has 0 aliphatic carbocycles. The highest BCUT2D eigenvalue weighted by molar-refractivity contribution is 7.17. The monoisotopic (exact) mass is 433 g/mol. The molecule has 0 fully saturated rings. The van der Waals surface area contributed by atoms with Crippen LogP contribution in [0.2, 0.25) is 0 Å². The fourth-order valence-electron chi connectivity index (χ4n) is 3.51. The number of carbonyl (C=O) groups excluding carboxylic acids is 1. The Bertz CT molecular complexity index is 1300. The summed E-state index contributed by atoms with van der Waals surface area (Å²) in [7, 11) is 0. The number of hydrogen-bond donors (Lipinski definition) is 1. The van der Waals surface area contributed by atoms with Gasteiger partial charge in [0.25, 0.3) is 5.56 Å². The van der Waals surface area contributed by atoms with E-state index in [1.807, 2.05) is 60.0 Å². The van der Waals surface area contributed by atoms with Crippen LogP contribution >= 0.6 is 11.3 Å². The summed E-state index contributed by atoms with van der Waals surface area (Å²) in [4.78, 5) is 30.6. The van der Waals surface area contributed by atoms with E-state index in [-0.39, 0.29) is 30.7 Å². The number of aromatic nitrogens is 2. The van der Waals surface area contributed by atoms with Crippen molar-refractivity contribution in [1.29, 1.82) is 0 Å². The molecule has 2 aromatic heterocycles. The van der Waals surface area contributed by atoms with Gasteiger partial charge in [-0.2, -0.15) is 0 Å². The maximum Gasteiger partial charge on any atom is 0.263 e. The highest BCUT2D eigenvalue weighted by Crippen LogP contribution is 2.31. The number of fused-ring (bicyclic) bond motifs is 2. The number of hydrogen-bond acceptors (Lipinski definition) is 6. The van der Waals surface area contributed by atoms with E-state index in [4.69, 9.17) is 9.47 Å². The van der Waals surface area contributed by atoms with Crippen molar-refractivity contribution in [2.24, 2.45) is 0 Å². The van der Waals surface area contributed by atoms with Gasteiger partial charge < -0.3 is 14.8 Å². The van der Waals surface area contributed by atoms with Crippen LogP contribution in [-0.4, -0.2) is 34.7 Å². The molecule has 1 N–H and O–H groups in total. The molecule has 0 spiro atoms. The molecule has 0 unspecified atom stereocenters. The van der Waals surface area contributed by atoms with E-state index >= 15 is 0 Å². The van der Waals surface area contributed by atoms with Crippen LogP contribution in [0.25, 0.3) is 21.3 Å². The van der Waals surface area contributed by atoms with Gasteiger partial charge >= 0.3 is 0 Å². The largest absolute Gasteiger partial charge is 0.486 e. The van der Waals surface area contributed by atoms with Crippen LogP contribution < -0.4 is 20.3 Å². The zero-order chi connectivity index (χ0) is 21.2. The summed E-state index contributed by atoms with van der Waals surface area (Å²) in [5.74, 6) is 1.06. The number of nitrogens with zero attached hydrogens (tertiary/aromatic N) is 2. The Morgan fingerprint density at radius 3 is 2.74 bits per heavy atom. The first-order valence-corrected chi connectivity index (χ1v) is 10.7. The fraction of sp³-hybridized carbons (Fsp3) is 0.174. The van der Waals surface area contributed by atoms with E-state index in [0.29, 0.717) is 28.3 Å². The minimum Gasteiger partial charge on any atom is -0.486 e. The molecule has 5 rings (SSSR count). The minimum atomic E-state index is -0.294. The number of para-hydroxylation sites is 2. The Kier molecular flexibility index (Phi) is 5.13. The van der Waals surface area contributed by atoms with Crippen molar-refractivity contribution in [2.75, 3.05) is 13.2 Å². The van der Waals surface area contributed by atoms with Crippen LogP contribution in [0.15, 0.2) is 71.1 Å². The molecule has 1 aliphatic rings. The second kappa shape index (κ2) is 8.23. The first-order valence-electron chi connectivity index (χ1n) is 9.86. The number of thiophene rings is 1. The molecule has 1 amide bonds. The van der Waals surface area contributed by atoms with Crippen molar-refractivity contribution < 1.29 is 14.3 Å². The van der Waals surface area contributed by atoms with Crippen molar-refractivity contribution in [1.82, 2.24) is 14.9 Å². The van der Waals surface area contributed by atoms with E-state index in [1.165, 1.54) is 22.2 Å². The minimum absolute atomic E-state index is 0.115. The van der Waals surface area contributed by atoms with Gasteiger partial charge in [-0.15, -0.1) is 11.3 Å². The van der Waals surface area contributed by atoms with E-state index in [0.717, 1.165) is 11.1 Å². The van der Waals surface area contributed by atoms with Crippen molar-refractivity contribution in [2.45, 2.75) is 12.6 Å². The van der Waals surface area contributed by atoms with Gasteiger partial charge in [0, 0.05) is 10.9 Å². The van der Waals surface area contributed by atoms with Crippen molar-refractivity contribution >= 4 is 27.5 Å². The van der Waals surface area contributed by atoms with Gasteiger partial charge in [-0.05, 0) is 17.7 Å². The van der Waals surface area contributed by atoms with Crippen LogP contribution in [0.4, 0.5) is 0 Å². The lowest BCUT2D eigenvalue weighted by molar-refractivity contribution is -0.122. The van der Waals surface area contributed by atoms with Crippen molar-refractivity contribution in [3.05, 3.63) is 76.7 Å². The van der Waals surface area contributed by atoms with E-state index in [2.05, 4.69) is 10.3 Å². The maximum atomic E-state index is 13.1. The van der Waals surface area contributed by atoms with E-state index in [1.54, 1.807) is 0 Å². The number of ether oxygens (including phenoxy) is 2. The first kappa shape index (κ1) is 19.3. The Balaban J connectivity index is 1.29. The number of nitrogens with one attached hydrogen (secondary N) is 1. The summed E-state index contributed by atoms with van der Waals surface area (Å²) in [6, 6.07) is 17.1. The maximum absolute atomic E-state index is 13.1. The summed E-state index contributed by atoms with van der Waals surface area (Å²) < 4.78 is 12.8. The first-order chi connectivity index (χ1) is 15.2. The number of carbonyl (C=O) groups is 1. The molecular formula is C23H19N3O4S. The molecule has 7 nitrogen and oxygen atoms in total. The zero-order valence-corrected chi connectivity index (χ0v) is 17.3. The highest BCUT2D eigenvalue weighted by Gasteiger charge is 2.21. The lowest BCUT2D eigenvalue weighted by Crippen LogP contribution is -2.42. The van der Waals surface area contributed by atoms with Gasteiger partial charge in [0.15, 0.2) is 11.5 Å². The molecule has 4 aromatic rings. The van der Waals surface area contributed by atoms with Gasteiger partial charge in [-0.3, -0.25) is 14.2 Å². The molecule has 0 bridgehead atoms. The number of amides is 1. The predicted octanol–water partition coefficient (Wildman–Crippen LogP) is 3.08. The molecule has 0 radical (unpaired) electrons. The molecule has 1 atom stereocenters. The fourth-order valence-corrected chi connectivity index (χ4v) is 4.42. The third kappa shape index (κ3) is 3.89. The number of benzene rings is 2. The molecular weight excluding hydrogens is 414 g/mol. The van der Waals surface area contributed by atoms with Crippen LogP contribution in [-0.2, 0) is 11.3 Å². The molecule has 0 saturated heterocycles. The normalized spacial score (nSPS) is 15.0. The van der Waals surface area contributed by atoms with E-state index in [9.17, 15) is 9.59 Å². The molecule has 31 heavy (non-hydrogen) atoms. The van der Waals surface area contributed by atoms with Crippen LogP contribution in [0, 0.1) is 0 Å². The highest BCUT2D eigenvalue weighted by atomic mass is 32.1. The zero-order valence-electron chi connectivity index (χ0n) is 16.5. The standard InChI is InChI=1S/C23H19N3O4S/c27-20(24-10-16-12-29-18-8-4-5-9-19(18)30-16)11-26-14-25-22-21(23(26)28)17(13-31-22)15-6-2-1-3-7-15/h1-9,13-14,16H,10-12H2,(H,24,27)/t16-/m1/s1. The topological polar surface area (TPSA) is 82.5 Å². The Hall–Kier alpha value is -3.65. The molecule has 0 saturated carbocycles. The van der Waals surface area contributed by atoms with Gasteiger partial charge in [0.05, 0.1) is 18.3 Å². The molecule has 2 aromatic carbocycles. The van der Waals surface area contributed by atoms with Gasteiger partial charge in [0.1, 0.15) is 24.1 Å². The smallest absolute Gasteiger partial charge is 0.263 e. The average molecular weight is 433 g/mol. The number of rotatable bonds is 5. The van der Waals surface area contributed by atoms with Gasteiger partial charge in [-0.1, -0.05) is 42.5 Å². The van der Waals surface area contributed by atoms with E-state index < -0.39 is 0 Å². The molecule has 156 valence electrons. The lowest BCUT2D eigenvalue weighted by atomic mass is 10.1. The van der Waals surface area contributed by atoms with Gasteiger partial charge in [0.2, 0.25) is 5.91 Å².